The molecule has 0 radical (unpaired) electrons. The van der Waals surface area contributed by atoms with Gasteiger partial charge < -0.3 is 13.7 Å². The van der Waals surface area contributed by atoms with Gasteiger partial charge in [-0.05, 0) is 110 Å². The molecule has 256 valence electrons. The van der Waals surface area contributed by atoms with Crippen LogP contribution in [0.5, 0.6) is 0 Å². The first-order valence-electron chi connectivity index (χ1n) is 19.1. The molecule has 4 aliphatic carbocycles. The molecule has 0 fully saturated rings. The summed E-state index contributed by atoms with van der Waals surface area (Å²) in [7, 11) is 0. The number of hydrogen-bond acceptors (Lipinski definition) is 3. The number of nitrogens with zero attached hydrogens (tertiary/aromatic N) is 1. The molecular weight excluding hydrogens is 647 g/mol. The van der Waals surface area contributed by atoms with Crippen molar-refractivity contribution in [3.05, 3.63) is 178 Å². The molecule has 0 amide bonds. The maximum absolute atomic E-state index is 6.28. The summed E-state index contributed by atoms with van der Waals surface area (Å²) in [5.41, 5.74) is 18.8. The summed E-state index contributed by atoms with van der Waals surface area (Å²) in [6.45, 7) is 12.0. The van der Waals surface area contributed by atoms with E-state index in [0.29, 0.717) is 5.92 Å². The minimum atomic E-state index is -0.599. The van der Waals surface area contributed by atoms with Crippen LogP contribution in [-0.2, 0) is 16.2 Å². The predicted octanol–water partition coefficient (Wildman–Crippen LogP) is 13.1. The Kier molecular flexibility index (Phi) is 5.38. The first-order valence-corrected chi connectivity index (χ1v) is 19.1. The van der Waals surface area contributed by atoms with Gasteiger partial charge in [0.15, 0.2) is 11.5 Å². The van der Waals surface area contributed by atoms with Gasteiger partial charge in [-0.3, -0.25) is 0 Å². The van der Waals surface area contributed by atoms with Crippen molar-refractivity contribution in [1.82, 2.24) is 0 Å². The van der Waals surface area contributed by atoms with Crippen molar-refractivity contribution >= 4 is 33.4 Å². The minimum Gasteiger partial charge on any atom is -0.461 e. The van der Waals surface area contributed by atoms with Gasteiger partial charge in [0.05, 0.1) is 35.0 Å². The van der Waals surface area contributed by atoms with Gasteiger partial charge in [0.1, 0.15) is 0 Å². The van der Waals surface area contributed by atoms with Crippen molar-refractivity contribution in [2.75, 3.05) is 4.90 Å². The number of benzene rings is 5. The molecule has 7 aromatic rings. The van der Waals surface area contributed by atoms with Crippen molar-refractivity contribution in [2.45, 2.75) is 57.3 Å². The molecule has 2 aromatic heterocycles. The van der Waals surface area contributed by atoms with Crippen LogP contribution in [-0.4, -0.2) is 0 Å². The van der Waals surface area contributed by atoms with E-state index in [-0.39, 0.29) is 10.8 Å². The van der Waals surface area contributed by atoms with Crippen LogP contribution in [0.15, 0.2) is 142 Å². The SMILES string of the molecule is CC1CC=CC2=C1c1cc3c(cc1C2(C)C)N(c1cccc2c4c(ccc12)C(C)(C)c1ccccc1-4)c1ccccc1C31c2ccoc2-c2occc21. The topological polar surface area (TPSA) is 29.5 Å². The first-order chi connectivity index (χ1) is 25.7. The number of rotatable bonds is 1. The zero-order chi connectivity index (χ0) is 35.6. The second-order valence-electron chi connectivity index (χ2n) is 16.9. The van der Waals surface area contributed by atoms with Gasteiger partial charge in [0.2, 0.25) is 0 Å². The Morgan fingerprint density at radius 2 is 1.28 bits per heavy atom. The number of allylic oxidation sites excluding steroid dienone is 4. The Hall–Kier alpha value is -5.80. The summed E-state index contributed by atoms with van der Waals surface area (Å²) in [4.78, 5) is 2.57. The molecule has 1 atom stereocenters. The van der Waals surface area contributed by atoms with Crippen LogP contribution in [0.2, 0.25) is 0 Å². The molecule has 3 heteroatoms. The van der Waals surface area contributed by atoms with Crippen LogP contribution in [0.1, 0.15) is 85.5 Å². The van der Waals surface area contributed by atoms with E-state index in [0.717, 1.165) is 29.1 Å². The third-order valence-corrected chi connectivity index (χ3v) is 13.7. The van der Waals surface area contributed by atoms with Crippen LogP contribution in [0, 0.1) is 5.92 Å². The largest absolute Gasteiger partial charge is 0.461 e. The third kappa shape index (κ3) is 3.31. The molecule has 3 nitrogen and oxygen atoms in total. The Labute approximate surface area is 309 Å². The average Bonchev–Trinajstić information content (AvgIpc) is 3.97. The van der Waals surface area contributed by atoms with Gasteiger partial charge >= 0.3 is 0 Å². The Morgan fingerprint density at radius 3 is 2.08 bits per heavy atom. The Bertz CT molecular complexity index is 2810. The normalized spacial score (nSPS) is 19.8. The van der Waals surface area contributed by atoms with Crippen molar-refractivity contribution in [3.63, 3.8) is 0 Å². The summed E-state index contributed by atoms with van der Waals surface area (Å²) in [6.07, 6.45) is 9.51. The molecular formula is C50H39NO2. The lowest BCUT2D eigenvalue weighted by atomic mass is 9.64. The van der Waals surface area contributed by atoms with Crippen molar-refractivity contribution in [3.8, 4) is 22.6 Å². The Morgan fingerprint density at radius 1 is 0.566 bits per heavy atom. The second kappa shape index (κ2) is 9.59. The standard InChI is InChI=1S/C50H39NO2/c1-28-12-10-17-35-44(28)32-26-40-43(27-39(32)49(35,4)5)51(42-18-9-8-16-34(42)50(40)37-22-24-52-46(37)47-38(50)23-25-53-47)41-19-11-14-30-29(41)20-21-36-45(30)31-13-6-7-15-33(31)48(36,2)3/h6-11,13-28H,12H2,1-5H3. The zero-order valence-electron chi connectivity index (χ0n) is 30.7. The van der Waals surface area contributed by atoms with E-state index in [4.69, 9.17) is 8.83 Å². The highest BCUT2D eigenvalue weighted by molar-refractivity contribution is 6.10. The number of anilines is 3. The monoisotopic (exact) mass is 685 g/mol. The van der Waals surface area contributed by atoms with E-state index in [1.165, 1.54) is 83.5 Å². The fraction of sp³-hybridized carbons (Fsp3) is 0.200. The van der Waals surface area contributed by atoms with Crippen molar-refractivity contribution < 1.29 is 8.83 Å². The highest BCUT2D eigenvalue weighted by Crippen LogP contribution is 2.66. The van der Waals surface area contributed by atoms with E-state index in [1.54, 1.807) is 0 Å². The maximum atomic E-state index is 6.28. The van der Waals surface area contributed by atoms with Crippen LogP contribution >= 0.6 is 0 Å². The molecule has 5 aromatic carbocycles. The molecule has 0 saturated carbocycles. The summed E-state index contributed by atoms with van der Waals surface area (Å²) in [6, 6.07) is 39.2. The molecule has 12 rings (SSSR count). The number of hydrogen-bond donors (Lipinski definition) is 0. The minimum absolute atomic E-state index is 0.0657. The lowest BCUT2D eigenvalue weighted by Gasteiger charge is -2.45. The van der Waals surface area contributed by atoms with Gasteiger partial charge in [-0.2, -0.15) is 0 Å². The quantitative estimate of drug-likeness (QED) is 0.172. The van der Waals surface area contributed by atoms with Gasteiger partial charge in [-0.25, -0.2) is 0 Å². The van der Waals surface area contributed by atoms with Crippen LogP contribution < -0.4 is 4.90 Å². The molecule has 0 N–H and O–H groups in total. The molecule has 3 heterocycles. The number of fused-ring (bicyclic) bond motifs is 16. The molecule has 1 aliphatic heterocycles. The van der Waals surface area contributed by atoms with E-state index in [1.807, 2.05) is 12.5 Å². The lowest BCUT2D eigenvalue weighted by Crippen LogP contribution is -2.36. The lowest BCUT2D eigenvalue weighted by molar-refractivity contribution is 0.525. The van der Waals surface area contributed by atoms with Crippen LogP contribution in [0.25, 0.3) is 39.0 Å². The van der Waals surface area contributed by atoms with Gasteiger partial charge in [0.25, 0.3) is 0 Å². The molecule has 1 spiro atoms. The second-order valence-corrected chi connectivity index (χ2v) is 16.9. The van der Waals surface area contributed by atoms with Gasteiger partial charge in [-0.1, -0.05) is 114 Å². The third-order valence-electron chi connectivity index (χ3n) is 13.7. The maximum Gasteiger partial charge on any atom is 0.174 e. The summed E-state index contributed by atoms with van der Waals surface area (Å²) in [5.74, 6) is 2.10. The average molecular weight is 686 g/mol. The molecule has 53 heavy (non-hydrogen) atoms. The zero-order valence-corrected chi connectivity index (χ0v) is 30.7. The van der Waals surface area contributed by atoms with Crippen molar-refractivity contribution in [1.29, 1.82) is 0 Å². The van der Waals surface area contributed by atoms with Gasteiger partial charge in [-0.15, -0.1) is 0 Å². The highest BCUT2D eigenvalue weighted by Gasteiger charge is 2.56. The molecule has 0 saturated heterocycles. The van der Waals surface area contributed by atoms with E-state index in [2.05, 4.69) is 155 Å². The van der Waals surface area contributed by atoms with Crippen LogP contribution in [0.4, 0.5) is 17.1 Å². The fourth-order valence-electron chi connectivity index (χ4n) is 11.3. The summed E-state index contributed by atoms with van der Waals surface area (Å²) >= 11 is 0. The summed E-state index contributed by atoms with van der Waals surface area (Å²) in [5, 5.41) is 2.55. The fourth-order valence-corrected chi connectivity index (χ4v) is 11.3. The Balaban J connectivity index is 1.21. The first kappa shape index (κ1) is 29.7. The molecule has 0 bridgehead atoms. The number of para-hydroxylation sites is 1. The van der Waals surface area contributed by atoms with E-state index < -0.39 is 5.41 Å². The predicted molar refractivity (Wildman–Crippen MR) is 214 cm³/mol. The van der Waals surface area contributed by atoms with Gasteiger partial charge in [0, 0.05) is 27.3 Å². The number of furan rings is 2. The smallest absolute Gasteiger partial charge is 0.174 e. The molecule has 1 unspecified atom stereocenters. The van der Waals surface area contributed by atoms with Crippen molar-refractivity contribution in [2.24, 2.45) is 5.92 Å². The van der Waals surface area contributed by atoms with Crippen LogP contribution in [0.3, 0.4) is 0 Å². The highest BCUT2D eigenvalue weighted by atomic mass is 16.4. The summed E-state index contributed by atoms with van der Waals surface area (Å²) < 4.78 is 12.6. The van der Waals surface area contributed by atoms with E-state index in [9.17, 15) is 0 Å². The molecule has 5 aliphatic rings. The van der Waals surface area contributed by atoms with E-state index >= 15 is 0 Å².